The predicted octanol–water partition coefficient (Wildman–Crippen LogP) is 4.95. The molecule has 0 saturated carbocycles. The highest BCUT2D eigenvalue weighted by molar-refractivity contribution is 5.92. The van der Waals surface area contributed by atoms with Crippen molar-refractivity contribution < 1.29 is 9.13 Å². The molecule has 0 aliphatic rings. The SMILES string of the molecule is COc1cc2ncnc(Nc3cccc(C)c3F)c2cc1C(C)C. The van der Waals surface area contributed by atoms with E-state index >= 15 is 0 Å². The van der Waals surface area contributed by atoms with Crippen LogP contribution < -0.4 is 10.1 Å². The largest absolute Gasteiger partial charge is 0.496 e. The number of aromatic nitrogens is 2. The Morgan fingerprint density at radius 1 is 1.17 bits per heavy atom. The van der Waals surface area contributed by atoms with Crippen molar-refractivity contribution in [2.75, 3.05) is 12.4 Å². The van der Waals surface area contributed by atoms with Gasteiger partial charge in [0, 0.05) is 11.5 Å². The smallest absolute Gasteiger partial charge is 0.149 e. The number of methoxy groups -OCH3 is 1. The molecule has 0 aliphatic heterocycles. The van der Waals surface area contributed by atoms with Crippen molar-refractivity contribution in [3.05, 3.63) is 53.6 Å². The molecule has 0 aliphatic carbocycles. The number of rotatable bonds is 4. The first kappa shape index (κ1) is 16.2. The van der Waals surface area contributed by atoms with Crippen LogP contribution in [-0.2, 0) is 0 Å². The zero-order valence-electron chi connectivity index (χ0n) is 14.2. The highest BCUT2D eigenvalue weighted by Gasteiger charge is 2.14. The van der Waals surface area contributed by atoms with E-state index in [9.17, 15) is 4.39 Å². The molecule has 0 saturated heterocycles. The molecule has 0 fully saturated rings. The van der Waals surface area contributed by atoms with Gasteiger partial charge < -0.3 is 10.1 Å². The maximum atomic E-state index is 14.3. The zero-order chi connectivity index (χ0) is 17.3. The van der Waals surface area contributed by atoms with Crippen LogP contribution in [0.15, 0.2) is 36.7 Å². The summed E-state index contributed by atoms with van der Waals surface area (Å²) < 4.78 is 19.8. The zero-order valence-corrected chi connectivity index (χ0v) is 14.2. The minimum Gasteiger partial charge on any atom is -0.496 e. The van der Waals surface area contributed by atoms with Crippen molar-refractivity contribution >= 4 is 22.4 Å². The molecule has 24 heavy (non-hydrogen) atoms. The molecule has 5 heteroatoms. The molecule has 0 bridgehead atoms. The van der Waals surface area contributed by atoms with E-state index in [0.29, 0.717) is 17.1 Å². The van der Waals surface area contributed by atoms with Gasteiger partial charge in [-0.15, -0.1) is 0 Å². The maximum absolute atomic E-state index is 14.3. The second-order valence-corrected chi connectivity index (χ2v) is 6.05. The molecule has 0 spiro atoms. The topological polar surface area (TPSA) is 47.0 Å². The molecule has 3 aromatic rings. The van der Waals surface area contributed by atoms with Gasteiger partial charge in [-0.2, -0.15) is 0 Å². The van der Waals surface area contributed by atoms with Gasteiger partial charge in [-0.3, -0.25) is 0 Å². The van der Waals surface area contributed by atoms with Crippen LogP contribution in [-0.4, -0.2) is 17.1 Å². The monoisotopic (exact) mass is 325 g/mol. The normalized spacial score (nSPS) is 11.1. The number of nitrogens with one attached hydrogen (secondary N) is 1. The molecule has 124 valence electrons. The Balaban J connectivity index is 2.14. The van der Waals surface area contributed by atoms with Crippen molar-refractivity contribution in [1.29, 1.82) is 0 Å². The van der Waals surface area contributed by atoms with E-state index in [1.807, 2.05) is 18.2 Å². The second kappa shape index (κ2) is 6.43. The molecule has 0 atom stereocenters. The molecular formula is C19H20FN3O. The fraction of sp³-hybridized carbons (Fsp3) is 0.263. The molecule has 2 aromatic carbocycles. The van der Waals surface area contributed by atoms with Gasteiger partial charge in [0.1, 0.15) is 23.7 Å². The number of ether oxygens (including phenoxy) is 1. The summed E-state index contributed by atoms with van der Waals surface area (Å²) in [6.45, 7) is 5.93. The molecule has 0 unspecified atom stereocenters. The van der Waals surface area contributed by atoms with Gasteiger partial charge in [-0.05, 0) is 36.1 Å². The minimum atomic E-state index is -0.276. The third-order valence-electron chi connectivity index (χ3n) is 4.05. The Morgan fingerprint density at radius 3 is 2.67 bits per heavy atom. The fourth-order valence-electron chi connectivity index (χ4n) is 2.70. The summed E-state index contributed by atoms with van der Waals surface area (Å²) in [5.41, 5.74) is 2.80. The van der Waals surface area contributed by atoms with Gasteiger partial charge in [0.2, 0.25) is 0 Å². The van der Waals surface area contributed by atoms with E-state index in [1.165, 1.54) is 6.33 Å². The summed E-state index contributed by atoms with van der Waals surface area (Å²) in [6, 6.07) is 9.15. The van der Waals surface area contributed by atoms with E-state index in [-0.39, 0.29) is 11.7 Å². The van der Waals surface area contributed by atoms with E-state index in [2.05, 4.69) is 29.1 Å². The lowest BCUT2D eigenvalue weighted by Crippen LogP contribution is -2.01. The quantitative estimate of drug-likeness (QED) is 0.737. The highest BCUT2D eigenvalue weighted by atomic mass is 19.1. The molecule has 0 amide bonds. The number of anilines is 2. The van der Waals surface area contributed by atoms with E-state index in [4.69, 9.17) is 4.74 Å². The molecule has 1 heterocycles. The Labute approximate surface area is 140 Å². The fourth-order valence-corrected chi connectivity index (χ4v) is 2.70. The summed E-state index contributed by atoms with van der Waals surface area (Å²) in [6.07, 6.45) is 1.47. The summed E-state index contributed by atoms with van der Waals surface area (Å²) in [7, 11) is 1.65. The second-order valence-electron chi connectivity index (χ2n) is 6.05. The van der Waals surface area contributed by atoms with E-state index in [1.54, 1.807) is 26.2 Å². The van der Waals surface area contributed by atoms with Gasteiger partial charge in [0.25, 0.3) is 0 Å². The molecule has 1 aromatic heterocycles. The van der Waals surface area contributed by atoms with Gasteiger partial charge in [-0.1, -0.05) is 26.0 Å². The van der Waals surface area contributed by atoms with Crippen LogP contribution in [0.2, 0.25) is 0 Å². The van der Waals surface area contributed by atoms with Crippen molar-refractivity contribution in [2.24, 2.45) is 0 Å². The van der Waals surface area contributed by atoms with Crippen molar-refractivity contribution in [1.82, 2.24) is 9.97 Å². The number of hydrogen-bond donors (Lipinski definition) is 1. The summed E-state index contributed by atoms with van der Waals surface area (Å²) in [5, 5.41) is 3.93. The van der Waals surface area contributed by atoms with Crippen LogP contribution in [0.1, 0.15) is 30.9 Å². The molecule has 4 nitrogen and oxygen atoms in total. The van der Waals surface area contributed by atoms with Gasteiger partial charge >= 0.3 is 0 Å². The number of fused-ring (bicyclic) bond motifs is 1. The van der Waals surface area contributed by atoms with E-state index < -0.39 is 0 Å². The van der Waals surface area contributed by atoms with Gasteiger partial charge in [0.05, 0.1) is 18.3 Å². The third-order valence-corrected chi connectivity index (χ3v) is 4.05. The van der Waals surface area contributed by atoms with Crippen LogP contribution in [0.4, 0.5) is 15.9 Å². The Hall–Kier alpha value is -2.69. The number of aryl methyl sites for hydroxylation is 1. The van der Waals surface area contributed by atoms with Crippen molar-refractivity contribution in [3.8, 4) is 5.75 Å². The first-order valence-electron chi connectivity index (χ1n) is 7.86. The summed E-state index contributed by atoms with van der Waals surface area (Å²) in [4.78, 5) is 8.61. The first-order valence-corrected chi connectivity index (χ1v) is 7.86. The lowest BCUT2D eigenvalue weighted by atomic mass is 10.00. The Morgan fingerprint density at radius 2 is 1.96 bits per heavy atom. The van der Waals surface area contributed by atoms with Crippen LogP contribution in [0.3, 0.4) is 0 Å². The van der Waals surface area contributed by atoms with Crippen LogP contribution in [0.5, 0.6) is 5.75 Å². The van der Waals surface area contributed by atoms with Gasteiger partial charge in [0.15, 0.2) is 0 Å². The lowest BCUT2D eigenvalue weighted by Gasteiger charge is -2.15. The standard InChI is InChI=1S/C19H20FN3O/c1-11(2)13-8-14-16(9-17(13)24-4)21-10-22-19(14)23-15-7-5-6-12(3)18(15)20/h5-11H,1-4H3,(H,21,22,23). The average molecular weight is 325 g/mol. The van der Waals surface area contributed by atoms with Gasteiger partial charge in [-0.25, -0.2) is 14.4 Å². The van der Waals surface area contributed by atoms with Crippen LogP contribution in [0.25, 0.3) is 10.9 Å². The maximum Gasteiger partial charge on any atom is 0.149 e. The number of hydrogen-bond acceptors (Lipinski definition) is 4. The number of benzene rings is 2. The Kier molecular flexibility index (Phi) is 4.34. The van der Waals surface area contributed by atoms with Crippen LogP contribution >= 0.6 is 0 Å². The molecule has 1 N–H and O–H groups in total. The predicted molar refractivity (Wildman–Crippen MR) is 94.6 cm³/mol. The molecule has 0 radical (unpaired) electrons. The minimum absolute atomic E-state index is 0.276. The number of halogens is 1. The molecule has 3 rings (SSSR count). The average Bonchev–Trinajstić information content (AvgIpc) is 2.58. The first-order chi connectivity index (χ1) is 11.5. The molecular weight excluding hydrogens is 305 g/mol. The Bertz CT molecular complexity index is 893. The summed E-state index contributed by atoms with van der Waals surface area (Å²) >= 11 is 0. The van der Waals surface area contributed by atoms with Crippen molar-refractivity contribution in [3.63, 3.8) is 0 Å². The van der Waals surface area contributed by atoms with Crippen LogP contribution in [0, 0.1) is 12.7 Å². The lowest BCUT2D eigenvalue weighted by molar-refractivity contribution is 0.408. The third kappa shape index (κ3) is 2.89. The number of nitrogens with zero attached hydrogens (tertiary/aromatic N) is 2. The highest BCUT2D eigenvalue weighted by Crippen LogP contribution is 2.34. The van der Waals surface area contributed by atoms with Crippen molar-refractivity contribution in [2.45, 2.75) is 26.7 Å². The summed E-state index contributed by atoms with van der Waals surface area (Å²) in [5.74, 6) is 1.38. The van der Waals surface area contributed by atoms with E-state index in [0.717, 1.165) is 22.2 Å².